The molecule has 1 aliphatic rings. The summed E-state index contributed by atoms with van der Waals surface area (Å²) in [6.45, 7) is 4.61. The van der Waals surface area contributed by atoms with Crippen LogP contribution in [0.25, 0.3) is 11.0 Å². The van der Waals surface area contributed by atoms with Crippen LogP contribution in [0.4, 0.5) is 5.82 Å². The third kappa shape index (κ3) is 3.87. The van der Waals surface area contributed by atoms with Gasteiger partial charge in [0.05, 0.1) is 30.3 Å². The van der Waals surface area contributed by atoms with Crippen molar-refractivity contribution in [3.63, 3.8) is 0 Å². The van der Waals surface area contributed by atoms with E-state index in [0.717, 1.165) is 22.5 Å². The number of fused-ring (bicyclic) bond motifs is 1. The maximum Gasteiger partial charge on any atom is 0.306 e. The van der Waals surface area contributed by atoms with Gasteiger partial charge in [0.1, 0.15) is 0 Å². The summed E-state index contributed by atoms with van der Waals surface area (Å²) >= 11 is 0. The van der Waals surface area contributed by atoms with Gasteiger partial charge in [-0.2, -0.15) is 0 Å². The molecule has 25 heavy (non-hydrogen) atoms. The van der Waals surface area contributed by atoms with Crippen LogP contribution in [-0.2, 0) is 14.3 Å². The molecule has 0 bridgehead atoms. The average molecular weight is 342 g/mol. The van der Waals surface area contributed by atoms with Crippen molar-refractivity contribution in [3.05, 3.63) is 30.0 Å². The fourth-order valence-electron chi connectivity index (χ4n) is 3.02. The zero-order valence-corrected chi connectivity index (χ0v) is 14.6. The molecule has 0 N–H and O–H groups in total. The Labute approximate surface area is 146 Å². The van der Waals surface area contributed by atoms with Gasteiger partial charge in [0.25, 0.3) is 0 Å². The summed E-state index contributed by atoms with van der Waals surface area (Å²) in [4.78, 5) is 36.7. The van der Waals surface area contributed by atoms with Crippen LogP contribution in [0.2, 0.25) is 0 Å². The lowest BCUT2D eigenvalue weighted by molar-refractivity contribution is -0.143. The van der Waals surface area contributed by atoms with Gasteiger partial charge in [-0.1, -0.05) is 12.1 Å². The fourth-order valence-corrected chi connectivity index (χ4v) is 3.02. The highest BCUT2D eigenvalue weighted by Crippen LogP contribution is 2.21. The summed E-state index contributed by atoms with van der Waals surface area (Å²) in [5, 5.41) is 0. The van der Waals surface area contributed by atoms with Crippen molar-refractivity contribution in [2.45, 2.75) is 19.8 Å². The smallest absolute Gasteiger partial charge is 0.306 e. The van der Waals surface area contributed by atoms with Crippen LogP contribution >= 0.6 is 0 Å². The predicted molar refractivity (Wildman–Crippen MR) is 94.3 cm³/mol. The van der Waals surface area contributed by atoms with Crippen LogP contribution in [-0.4, -0.2) is 60.0 Å². The number of benzene rings is 1. The van der Waals surface area contributed by atoms with Crippen molar-refractivity contribution in [2.75, 3.05) is 38.2 Å². The summed E-state index contributed by atoms with van der Waals surface area (Å²) in [6, 6.07) is 7.82. The first-order chi connectivity index (χ1) is 12.1. The molecule has 1 aromatic heterocycles. The van der Waals surface area contributed by atoms with Gasteiger partial charge >= 0.3 is 5.97 Å². The third-order valence-electron chi connectivity index (χ3n) is 4.42. The van der Waals surface area contributed by atoms with Gasteiger partial charge in [0.2, 0.25) is 5.91 Å². The molecule has 7 nitrogen and oxygen atoms in total. The zero-order valence-electron chi connectivity index (χ0n) is 14.6. The molecule has 0 saturated carbocycles. The number of carbonyl (C=O) groups excluding carboxylic acids is 2. The number of nitrogens with zero attached hydrogens (tertiary/aromatic N) is 4. The van der Waals surface area contributed by atoms with Crippen molar-refractivity contribution >= 4 is 28.7 Å². The molecule has 1 amide bonds. The molecule has 132 valence electrons. The van der Waals surface area contributed by atoms with E-state index in [-0.39, 0.29) is 24.7 Å². The van der Waals surface area contributed by atoms with Crippen LogP contribution in [0.1, 0.15) is 18.5 Å². The minimum Gasteiger partial charge on any atom is -0.469 e. The number of para-hydroxylation sites is 2. The predicted octanol–water partition coefficient (Wildman–Crippen LogP) is 1.54. The number of hydrogen-bond donors (Lipinski definition) is 0. The molecule has 3 rings (SSSR count). The molecular formula is C18H22N4O3. The molecule has 0 spiro atoms. The Kier molecular flexibility index (Phi) is 5.11. The van der Waals surface area contributed by atoms with E-state index < -0.39 is 0 Å². The summed E-state index contributed by atoms with van der Waals surface area (Å²) in [5.74, 6) is 0.515. The first kappa shape index (κ1) is 17.1. The standard InChI is InChI=1S/C18H22N4O3/c1-13-18(20-15-6-4-3-5-14(15)19-13)22-11-9-21(10-12-22)16(23)7-8-17(24)25-2/h3-6H,7-12H2,1-2H3. The molecule has 0 atom stereocenters. The second kappa shape index (κ2) is 7.46. The molecule has 1 aromatic carbocycles. The van der Waals surface area contributed by atoms with Crippen molar-refractivity contribution in [1.82, 2.24) is 14.9 Å². The van der Waals surface area contributed by atoms with Crippen LogP contribution in [0.15, 0.2) is 24.3 Å². The number of anilines is 1. The third-order valence-corrected chi connectivity index (χ3v) is 4.42. The second-order valence-electron chi connectivity index (χ2n) is 6.07. The molecule has 0 radical (unpaired) electrons. The largest absolute Gasteiger partial charge is 0.469 e. The van der Waals surface area contributed by atoms with Crippen molar-refractivity contribution < 1.29 is 14.3 Å². The molecule has 1 aliphatic heterocycles. The Hall–Kier alpha value is -2.70. The Morgan fingerprint density at radius 2 is 1.68 bits per heavy atom. The van der Waals surface area contributed by atoms with Gasteiger partial charge in [-0.15, -0.1) is 0 Å². The zero-order chi connectivity index (χ0) is 17.8. The summed E-state index contributed by atoms with van der Waals surface area (Å²) in [5.41, 5.74) is 2.66. The SMILES string of the molecule is COC(=O)CCC(=O)N1CCN(c2nc3ccccc3nc2C)CC1. The van der Waals surface area contributed by atoms with Crippen molar-refractivity contribution in [3.8, 4) is 0 Å². The number of ether oxygens (including phenoxy) is 1. The van der Waals surface area contributed by atoms with Crippen molar-refractivity contribution in [1.29, 1.82) is 0 Å². The number of piperazine rings is 1. The molecule has 0 aliphatic carbocycles. The molecule has 1 saturated heterocycles. The number of methoxy groups -OCH3 is 1. The van der Waals surface area contributed by atoms with E-state index in [1.54, 1.807) is 4.90 Å². The number of amides is 1. The van der Waals surface area contributed by atoms with Gasteiger partial charge in [-0.3, -0.25) is 9.59 Å². The lowest BCUT2D eigenvalue weighted by atomic mass is 10.2. The maximum absolute atomic E-state index is 12.2. The number of hydrogen-bond acceptors (Lipinski definition) is 6. The molecule has 7 heteroatoms. The number of carbonyl (C=O) groups is 2. The van der Waals surface area contributed by atoms with Gasteiger partial charge in [-0.25, -0.2) is 9.97 Å². The van der Waals surface area contributed by atoms with E-state index in [2.05, 4.69) is 14.6 Å². The maximum atomic E-state index is 12.2. The van der Waals surface area contributed by atoms with Gasteiger partial charge in [0.15, 0.2) is 5.82 Å². The second-order valence-corrected chi connectivity index (χ2v) is 6.07. The fraction of sp³-hybridized carbons (Fsp3) is 0.444. The van der Waals surface area contributed by atoms with E-state index in [1.165, 1.54) is 7.11 Å². The highest BCUT2D eigenvalue weighted by atomic mass is 16.5. The lowest BCUT2D eigenvalue weighted by Crippen LogP contribution is -2.49. The topological polar surface area (TPSA) is 75.6 Å². The lowest BCUT2D eigenvalue weighted by Gasteiger charge is -2.36. The number of rotatable bonds is 4. The Morgan fingerprint density at radius 1 is 1.04 bits per heavy atom. The quantitative estimate of drug-likeness (QED) is 0.785. The average Bonchev–Trinajstić information content (AvgIpc) is 2.65. The van der Waals surface area contributed by atoms with Crippen LogP contribution in [0.3, 0.4) is 0 Å². The summed E-state index contributed by atoms with van der Waals surface area (Å²) < 4.78 is 4.58. The van der Waals surface area contributed by atoms with Gasteiger partial charge in [-0.05, 0) is 19.1 Å². The van der Waals surface area contributed by atoms with Crippen LogP contribution < -0.4 is 4.90 Å². The first-order valence-electron chi connectivity index (χ1n) is 8.41. The Bertz CT molecular complexity index is 785. The molecule has 2 heterocycles. The van der Waals surface area contributed by atoms with Crippen LogP contribution in [0.5, 0.6) is 0 Å². The minimum absolute atomic E-state index is 0.00799. The normalized spacial score (nSPS) is 14.6. The summed E-state index contributed by atoms with van der Waals surface area (Å²) in [7, 11) is 1.33. The van der Waals surface area contributed by atoms with Crippen molar-refractivity contribution in [2.24, 2.45) is 0 Å². The Morgan fingerprint density at radius 3 is 2.32 bits per heavy atom. The molecule has 0 unspecified atom stereocenters. The highest BCUT2D eigenvalue weighted by molar-refractivity contribution is 5.81. The van der Waals surface area contributed by atoms with E-state index in [4.69, 9.17) is 4.98 Å². The molecular weight excluding hydrogens is 320 g/mol. The Balaban J connectivity index is 1.63. The highest BCUT2D eigenvalue weighted by Gasteiger charge is 2.23. The van der Waals surface area contributed by atoms with Gasteiger partial charge < -0.3 is 14.5 Å². The van der Waals surface area contributed by atoms with E-state index in [9.17, 15) is 9.59 Å². The van der Waals surface area contributed by atoms with Gasteiger partial charge in [0, 0.05) is 32.6 Å². The minimum atomic E-state index is -0.353. The van der Waals surface area contributed by atoms with Crippen LogP contribution in [0, 0.1) is 6.92 Å². The van der Waals surface area contributed by atoms with E-state index >= 15 is 0 Å². The van der Waals surface area contributed by atoms with E-state index in [1.807, 2.05) is 31.2 Å². The summed E-state index contributed by atoms with van der Waals surface area (Å²) in [6.07, 6.45) is 0.326. The molecule has 1 fully saturated rings. The first-order valence-corrected chi connectivity index (χ1v) is 8.41. The number of aromatic nitrogens is 2. The van der Waals surface area contributed by atoms with E-state index in [0.29, 0.717) is 26.2 Å². The number of aryl methyl sites for hydroxylation is 1. The molecule has 2 aromatic rings. The monoisotopic (exact) mass is 342 g/mol. The number of esters is 1.